The first-order chi connectivity index (χ1) is 13.8. The van der Waals surface area contributed by atoms with Crippen LogP contribution < -0.4 is 10.2 Å². The molecule has 0 saturated carbocycles. The van der Waals surface area contributed by atoms with Crippen LogP contribution in [0.1, 0.15) is 15.9 Å². The van der Waals surface area contributed by atoms with Crippen molar-refractivity contribution in [3.05, 3.63) is 59.4 Å². The zero-order valence-corrected chi connectivity index (χ0v) is 17.2. The molecule has 0 radical (unpaired) electrons. The van der Waals surface area contributed by atoms with Gasteiger partial charge in [0.1, 0.15) is 10.7 Å². The van der Waals surface area contributed by atoms with Gasteiger partial charge >= 0.3 is 0 Å². The molecule has 0 spiro atoms. The van der Waals surface area contributed by atoms with Crippen molar-refractivity contribution in [3.63, 3.8) is 0 Å². The van der Waals surface area contributed by atoms with E-state index in [2.05, 4.69) is 5.32 Å². The number of sulfonamides is 1. The Labute approximate surface area is 170 Å². The molecule has 7 nitrogen and oxygen atoms in total. The Morgan fingerprint density at radius 1 is 1.14 bits per heavy atom. The molecule has 156 valence electrons. The Kier molecular flexibility index (Phi) is 6.51. The van der Waals surface area contributed by atoms with Crippen molar-refractivity contribution in [1.29, 1.82) is 0 Å². The van der Waals surface area contributed by atoms with E-state index in [4.69, 9.17) is 4.74 Å². The first-order valence-electron chi connectivity index (χ1n) is 9.21. The van der Waals surface area contributed by atoms with Crippen molar-refractivity contribution in [2.24, 2.45) is 0 Å². The molecule has 0 aliphatic carbocycles. The van der Waals surface area contributed by atoms with Gasteiger partial charge in [0.2, 0.25) is 10.0 Å². The van der Waals surface area contributed by atoms with Crippen molar-refractivity contribution < 1.29 is 22.3 Å². The second-order valence-electron chi connectivity index (χ2n) is 6.91. The summed E-state index contributed by atoms with van der Waals surface area (Å²) >= 11 is 0. The zero-order chi connectivity index (χ0) is 21.0. The Morgan fingerprint density at radius 3 is 2.41 bits per heavy atom. The van der Waals surface area contributed by atoms with Crippen molar-refractivity contribution in [2.45, 2.75) is 11.4 Å². The quantitative estimate of drug-likeness (QED) is 0.770. The second kappa shape index (κ2) is 8.89. The largest absolute Gasteiger partial charge is 0.379 e. The zero-order valence-electron chi connectivity index (χ0n) is 16.4. The van der Waals surface area contributed by atoms with Crippen molar-refractivity contribution >= 4 is 21.6 Å². The van der Waals surface area contributed by atoms with Gasteiger partial charge < -0.3 is 15.0 Å². The number of hydrogen-bond donors (Lipinski definition) is 1. The van der Waals surface area contributed by atoms with E-state index in [1.54, 1.807) is 0 Å². The average Bonchev–Trinajstić information content (AvgIpc) is 2.73. The number of nitrogens with zero attached hydrogens (tertiary/aromatic N) is 2. The maximum Gasteiger partial charge on any atom is 0.251 e. The summed E-state index contributed by atoms with van der Waals surface area (Å²) in [6, 6.07) is 11.0. The topological polar surface area (TPSA) is 79.0 Å². The minimum Gasteiger partial charge on any atom is -0.379 e. The first-order valence-corrected chi connectivity index (χ1v) is 10.6. The molecule has 1 aliphatic rings. The molecule has 1 heterocycles. The maximum atomic E-state index is 14.3. The number of benzene rings is 2. The molecule has 1 saturated heterocycles. The van der Waals surface area contributed by atoms with Crippen LogP contribution in [0.25, 0.3) is 0 Å². The lowest BCUT2D eigenvalue weighted by atomic mass is 10.1. The molecule has 29 heavy (non-hydrogen) atoms. The third-order valence-electron chi connectivity index (χ3n) is 4.69. The van der Waals surface area contributed by atoms with E-state index >= 15 is 0 Å². The Hall–Kier alpha value is -2.49. The van der Waals surface area contributed by atoms with E-state index in [-0.39, 0.29) is 38.4 Å². The van der Waals surface area contributed by atoms with Crippen molar-refractivity contribution in [3.8, 4) is 0 Å². The van der Waals surface area contributed by atoms with Gasteiger partial charge in [0, 0.05) is 45.0 Å². The molecule has 3 rings (SSSR count). The number of morpholine rings is 1. The number of carbonyl (C=O) groups excluding carboxylic acids is 1. The standard InChI is InChI=1S/C20H24FN3O4S/c1-23(2)17-6-3-15(4-7-17)14-22-20(25)16-5-8-18(21)19(13-16)29(26,27)24-9-11-28-12-10-24/h3-8,13H,9-12,14H2,1-2H3,(H,22,25). The third kappa shape index (κ3) is 4.92. The van der Waals surface area contributed by atoms with Crippen LogP contribution in [-0.2, 0) is 21.3 Å². The summed E-state index contributed by atoms with van der Waals surface area (Å²) in [6.07, 6.45) is 0. The third-order valence-corrected chi connectivity index (χ3v) is 6.60. The summed E-state index contributed by atoms with van der Waals surface area (Å²) in [5.74, 6) is -1.35. The van der Waals surface area contributed by atoms with E-state index in [9.17, 15) is 17.6 Å². The lowest BCUT2D eigenvalue weighted by molar-refractivity contribution is 0.0729. The highest BCUT2D eigenvalue weighted by atomic mass is 32.2. The lowest BCUT2D eigenvalue weighted by Gasteiger charge is -2.26. The van der Waals surface area contributed by atoms with Crippen molar-refractivity contribution in [1.82, 2.24) is 9.62 Å². The van der Waals surface area contributed by atoms with Gasteiger partial charge in [-0.3, -0.25) is 4.79 Å². The maximum absolute atomic E-state index is 14.3. The minimum atomic E-state index is -4.04. The van der Waals surface area contributed by atoms with E-state index in [1.807, 2.05) is 43.3 Å². The predicted molar refractivity (Wildman–Crippen MR) is 108 cm³/mol. The molecular weight excluding hydrogens is 397 g/mol. The fourth-order valence-electron chi connectivity index (χ4n) is 2.96. The summed E-state index contributed by atoms with van der Waals surface area (Å²) in [6.45, 7) is 1.10. The van der Waals surface area contributed by atoms with Crippen LogP contribution in [-0.4, -0.2) is 59.0 Å². The first kappa shape index (κ1) is 21.2. The average molecular weight is 421 g/mol. The molecule has 0 aromatic heterocycles. The molecular formula is C20H24FN3O4S. The molecule has 0 unspecified atom stereocenters. The molecule has 1 amide bonds. The number of nitrogens with one attached hydrogen (secondary N) is 1. The van der Waals surface area contributed by atoms with Gasteiger partial charge in [-0.1, -0.05) is 12.1 Å². The van der Waals surface area contributed by atoms with Crippen molar-refractivity contribution in [2.75, 3.05) is 45.3 Å². The van der Waals surface area contributed by atoms with Gasteiger partial charge in [0.05, 0.1) is 13.2 Å². The van der Waals surface area contributed by atoms with E-state index < -0.39 is 26.6 Å². The fraction of sp³-hybridized carbons (Fsp3) is 0.350. The van der Waals surface area contributed by atoms with Gasteiger partial charge in [-0.15, -0.1) is 0 Å². The molecule has 0 bridgehead atoms. The van der Waals surface area contributed by atoms with Crippen LogP contribution in [0.3, 0.4) is 0 Å². The number of amides is 1. The molecule has 2 aromatic rings. The molecule has 1 N–H and O–H groups in total. The number of carbonyl (C=O) groups is 1. The van der Waals surface area contributed by atoms with Gasteiger partial charge in [0.15, 0.2) is 0 Å². The molecule has 0 atom stereocenters. The second-order valence-corrected chi connectivity index (χ2v) is 8.81. The summed E-state index contributed by atoms with van der Waals surface area (Å²) in [5.41, 5.74) is 2.02. The van der Waals surface area contributed by atoms with E-state index in [1.165, 1.54) is 10.4 Å². The molecule has 2 aromatic carbocycles. The summed E-state index contributed by atoms with van der Waals surface area (Å²) in [5, 5.41) is 2.74. The number of ether oxygens (including phenoxy) is 1. The van der Waals surface area contributed by atoms with E-state index in [0.29, 0.717) is 0 Å². The van der Waals surface area contributed by atoms with Crippen LogP contribution in [0.2, 0.25) is 0 Å². The number of rotatable bonds is 6. The highest BCUT2D eigenvalue weighted by Gasteiger charge is 2.29. The van der Waals surface area contributed by atoms with Gasteiger partial charge in [0.25, 0.3) is 5.91 Å². The van der Waals surface area contributed by atoms with Crippen LogP contribution >= 0.6 is 0 Å². The van der Waals surface area contributed by atoms with Crippen LogP contribution in [0.15, 0.2) is 47.4 Å². The van der Waals surface area contributed by atoms with Gasteiger partial charge in [-0.2, -0.15) is 4.31 Å². The highest BCUT2D eigenvalue weighted by Crippen LogP contribution is 2.22. The lowest BCUT2D eigenvalue weighted by Crippen LogP contribution is -2.41. The normalized spacial score (nSPS) is 15.1. The number of anilines is 1. The Morgan fingerprint density at radius 2 is 1.79 bits per heavy atom. The van der Waals surface area contributed by atoms with Gasteiger partial charge in [-0.25, -0.2) is 12.8 Å². The summed E-state index contributed by atoms with van der Waals surface area (Å²) < 4.78 is 46.1. The van der Waals surface area contributed by atoms with Crippen LogP contribution in [0, 0.1) is 5.82 Å². The minimum absolute atomic E-state index is 0.0862. The SMILES string of the molecule is CN(C)c1ccc(CNC(=O)c2ccc(F)c(S(=O)(=O)N3CCOCC3)c2)cc1. The monoisotopic (exact) mass is 421 g/mol. The number of halogens is 1. The molecule has 1 fully saturated rings. The Balaban J connectivity index is 1.73. The predicted octanol–water partition coefficient (Wildman–Crippen LogP) is 1.84. The van der Waals surface area contributed by atoms with Crippen LogP contribution in [0.5, 0.6) is 0 Å². The summed E-state index contributed by atoms with van der Waals surface area (Å²) in [4.78, 5) is 14.0. The molecule has 1 aliphatic heterocycles. The van der Waals surface area contributed by atoms with Gasteiger partial charge in [-0.05, 0) is 35.9 Å². The number of hydrogen-bond acceptors (Lipinski definition) is 5. The smallest absolute Gasteiger partial charge is 0.251 e. The summed E-state index contributed by atoms with van der Waals surface area (Å²) in [7, 11) is -0.158. The highest BCUT2D eigenvalue weighted by molar-refractivity contribution is 7.89. The fourth-order valence-corrected chi connectivity index (χ4v) is 4.46. The van der Waals surface area contributed by atoms with Crippen LogP contribution in [0.4, 0.5) is 10.1 Å². The van der Waals surface area contributed by atoms with E-state index in [0.717, 1.165) is 23.4 Å². The Bertz CT molecular complexity index is 972. The molecule has 9 heteroatoms.